The molecule has 1 aromatic heterocycles. The number of morpholine rings is 1. The van der Waals surface area contributed by atoms with E-state index in [2.05, 4.69) is 9.88 Å². The van der Waals surface area contributed by atoms with E-state index in [-0.39, 0.29) is 23.9 Å². The maximum Gasteiger partial charge on any atom is 0.226 e. The van der Waals surface area contributed by atoms with Crippen LogP contribution in [0, 0.1) is 11.7 Å². The van der Waals surface area contributed by atoms with E-state index < -0.39 is 0 Å². The molecule has 0 amide bonds. The van der Waals surface area contributed by atoms with Gasteiger partial charge in [-0.1, -0.05) is 6.42 Å². The summed E-state index contributed by atoms with van der Waals surface area (Å²) < 4.78 is 24.3. The fraction of sp³-hybridized carbons (Fsp3) is 0.526. The van der Waals surface area contributed by atoms with Crippen LogP contribution in [0.4, 0.5) is 4.39 Å². The van der Waals surface area contributed by atoms with Gasteiger partial charge in [0.1, 0.15) is 12.1 Å². The SMILES string of the molecule is O[C@@H]1CCC[C@H]1[C@@H]1COCCN1Cc1coc(-c2ccc(F)cc2)n1. The highest BCUT2D eigenvalue weighted by molar-refractivity contribution is 5.52. The standard InChI is InChI=1S/C19H23FN2O3/c20-14-6-4-13(5-7-14)19-21-15(11-25-19)10-22-8-9-24-12-17(22)16-2-1-3-18(16)23/h4-7,11,16-18,23H,1-3,8-10,12H2/t16-,17-,18+/m0/s1. The minimum absolute atomic E-state index is 0.220. The monoisotopic (exact) mass is 346 g/mol. The zero-order chi connectivity index (χ0) is 17.2. The van der Waals surface area contributed by atoms with Crippen molar-refractivity contribution in [2.24, 2.45) is 5.92 Å². The quantitative estimate of drug-likeness (QED) is 0.922. The van der Waals surface area contributed by atoms with Gasteiger partial charge in [-0.15, -0.1) is 0 Å². The highest BCUT2D eigenvalue weighted by Gasteiger charge is 2.37. The molecule has 1 N–H and O–H groups in total. The summed E-state index contributed by atoms with van der Waals surface area (Å²) in [7, 11) is 0. The second-order valence-corrected chi connectivity index (χ2v) is 6.93. The summed E-state index contributed by atoms with van der Waals surface area (Å²) in [6.07, 6.45) is 4.44. The number of halogens is 1. The third kappa shape index (κ3) is 3.61. The molecule has 1 saturated heterocycles. The van der Waals surface area contributed by atoms with Crippen LogP contribution in [-0.2, 0) is 11.3 Å². The second-order valence-electron chi connectivity index (χ2n) is 6.93. The minimum Gasteiger partial charge on any atom is -0.444 e. The van der Waals surface area contributed by atoms with Crippen molar-refractivity contribution in [2.45, 2.75) is 38.0 Å². The average Bonchev–Trinajstić information content (AvgIpc) is 3.25. The van der Waals surface area contributed by atoms with Crippen LogP contribution in [0.2, 0.25) is 0 Å². The molecule has 134 valence electrons. The summed E-state index contributed by atoms with van der Waals surface area (Å²) >= 11 is 0. The molecular formula is C19H23FN2O3. The summed E-state index contributed by atoms with van der Waals surface area (Å²) in [4.78, 5) is 6.89. The van der Waals surface area contributed by atoms with E-state index in [1.54, 1.807) is 18.4 Å². The number of ether oxygens (including phenoxy) is 1. The number of oxazole rings is 1. The van der Waals surface area contributed by atoms with Crippen LogP contribution >= 0.6 is 0 Å². The highest BCUT2D eigenvalue weighted by atomic mass is 19.1. The number of rotatable bonds is 4. The molecule has 6 heteroatoms. The Bertz CT molecular complexity index is 703. The van der Waals surface area contributed by atoms with E-state index in [0.717, 1.165) is 37.1 Å². The predicted molar refractivity (Wildman–Crippen MR) is 90.3 cm³/mol. The summed E-state index contributed by atoms with van der Waals surface area (Å²) in [5.74, 6) is 0.492. The third-order valence-electron chi connectivity index (χ3n) is 5.31. The molecule has 1 aliphatic heterocycles. The number of hydrogen-bond acceptors (Lipinski definition) is 5. The number of benzene rings is 1. The van der Waals surface area contributed by atoms with Gasteiger partial charge in [0.25, 0.3) is 0 Å². The molecule has 1 aliphatic carbocycles. The van der Waals surface area contributed by atoms with Crippen molar-refractivity contribution in [3.05, 3.63) is 42.0 Å². The van der Waals surface area contributed by atoms with Crippen LogP contribution in [0.25, 0.3) is 11.5 Å². The van der Waals surface area contributed by atoms with Gasteiger partial charge in [-0.2, -0.15) is 0 Å². The topological polar surface area (TPSA) is 58.7 Å². The van der Waals surface area contributed by atoms with E-state index in [9.17, 15) is 9.50 Å². The lowest BCUT2D eigenvalue weighted by molar-refractivity contribution is -0.0540. The maximum absolute atomic E-state index is 13.0. The Balaban J connectivity index is 1.47. The third-order valence-corrected chi connectivity index (χ3v) is 5.31. The van der Waals surface area contributed by atoms with Gasteiger partial charge in [0.15, 0.2) is 0 Å². The largest absolute Gasteiger partial charge is 0.444 e. The fourth-order valence-corrected chi connectivity index (χ4v) is 3.98. The van der Waals surface area contributed by atoms with Gasteiger partial charge in [-0.25, -0.2) is 9.37 Å². The van der Waals surface area contributed by atoms with Crippen LogP contribution in [0.1, 0.15) is 25.0 Å². The summed E-state index contributed by atoms with van der Waals surface area (Å²) in [6, 6.07) is 6.35. The Kier molecular flexibility index (Phi) is 4.83. The van der Waals surface area contributed by atoms with Crippen molar-refractivity contribution in [3.8, 4) is 11.5 Å². The Labute approximate surface area is 146 Å². The first-order chi connectivity index (χ1) is 12.2. The molecule has 0 spiro atoms. The molecule has 0 radical (unpaired) electrons. The van der Waals surface area contributed by atoms with Gasteiger partial charge in [0.05, 0.1) is 25.0 Å². The fourth-order valence-electron chi connectivity index (χ4n) is 3.98. The molecule has 0 bridgehead atoms. The zero-order valence-corrected chi connectivity index (χ0v) is 14.1. The molecule has 3 atom stereocenters. The molecule has 2 heterocycles. The smallest absolute Gasteiger partial charge is 0.226 e. The van der Waals surface area contributed by atoms with Crippen LogP contribution in [-0.4, -0.2) is 46.9 Å². The Morgan fingerprint density at radius 2 is 2.08 bits per heavy atom. The van der Waals surface area contributed by atoms with Crippen molar-refractivity contribution in [1.29, 1.82) is 0 Å². The van der Waals surface area contributed by atoms with Crippen molar-refractivity contribution in [2.75, 3.05) is 19.8 Å². The first kappa shape index (κ1) is 16.7. The van der Waals surface area contributed by atoms with E-state index in [1.807, 2.05) is 0 Å². The molecule has 4 rings (SSSR count). The van der Waals surface area contributed by atoms with E-state index >= 15 is 0 Å². The zero-order valence-electron chi connectivity index (χ0n) is 14.1. The van der Waals surface area contributed by atoms with Crippen LogP contribution in [0.3, 0.4) is 0 Å². The Morgan fingerprint density at radius 3 is 2.84 bits per heavy atom. The minimum atomic E-state index is -0.276. The summed E-state index contributed by atoms with van der Waals surface area (Å²) in [5, 5.41) is 10.3. The number of hydrogen-bond donors (Lipinski definition) is 1. The molecule has 1 saturated carbocycles. The molecule has 1 aromatic carbocycles. The predicted octanol–water partition coefficient (Wildman–Crippen LogP) is 2.84. The average molecular weight is 346 g/mol. The number of aliphatic hydroxyl groups excluding tert-OH is 1. The Hall–Kier alpha value is -1.76. The van der Waals surface area contributed by atoms with Gasteiger partial charge in [0, 0.05) is 30.6 Å². The summed E-state index contributed by atoms with van der Waals surface area (Å²) in [6.45, 7) is 2.85. The molecule has 25 heavy (non-hydrogen) atoms. The van der Waals surface area contributed by atoms with Crippen molar-refractivity contribution < 1.29 is 18.7 Å². The van der Waals surface area contributed by atoms with Gasteiger partial charge < -0.3 is 14.3 Å². The molecule has 5 nitrogen and oxygen atoms in total. The molecule has 2 aliphatic rings. The lowest BCUT2D eigenvalue weighted by Crippen LogP contribution is -2.50. The van der Waals surface area contributed by atoms with Crippen molar-refractivity contribution >= 4 is 0 Å². The van der Waals surface area contributed by atoms with Gasteiger partial charge >= 0.3 is 0 Å². The number of aliphatic hydroxyl groups is 1. The lowest BCUT2D eigenvalue weighted by Gasteiger charge is -2.39. The molecule has 2 aromatic rings. The maximum atomic E-state index is 13.0. The first-order valence-electron chi connectivity index (χ1n) is 8.91. The highest BCUT2D eigenvalue weighted by Crippen LogP contribution is 2.33. The molecule has 2 fully saturated rings. The second kappa shape index (κ2) is 7.23. The van der Waals surface area contributed by atoms with Crippen LogP contribution in [0.5, 0.6) is 0 Å². The first-order valence-corrected chi connectivity index (χ1v) is 8.91. The van der Waals surface area contributed by atoms with Gasteiger partial charge in [-0.3, -0.25) is 4.90 Å². The van der Waals surface area contributed by atoms with Crippen molar-refractivity contribution in [1.82, 2.24) is 9.88 Å². The van der Waals surface area contributed by atoms with Gasteiger partial charge in [-0.05, 0) is 37.1 Å². The normalized spacial score (nSPS) is 27.7. The summed E-state index contributed by atoms with van der Waals surface area (Å²) in [5.41, 5.74) is 1.61. The van der Waals surface area contributed by atoms with Gasteiger partial charge in [0.2, 0.25) is 5.89 Å². The van der Waals surface area contributed by atoms with E-state index in [1.165, 1.54) is 12.1 Å². The van der Waals surface area contributed by atoms with E-state index in [4.69, 9.17) is 9.15 Å². The number of aromatic nitrogens is 1. The molecular weight excluding hydrogens is 323 g/mol. The van der Waals surface area contributed by atoms with E-state index in [0.29, 0.717) is 25.6 Å². The lowest BCUT2D eigenvalue weighted by atomic mass is 9.94. The number of nitrogens with zero attached hydrogens (tertiary/aromatic N) is 2. The molecule has 0 unspecified atom stereocenters. The van der Waals surface area contributed by atoms with Crippen molar-refractivity contribution in [3.63, 3.8) is 0 Å². The Morgan fingerprint density at radius 1 is 1.24 bits per heavy atom. The van der Waals surface area contributed by atoms with Crippen LogP contribution < -0.4 is 0 Å². The van der Waals surface area contributed by atoms with Crippen LogP contribution in [0.15, 0.2) is 34.9 Å².